The molecule has 1 aliphatic heterocycles. The number of carbonyl (C=O) groups is 6. The van der Waals surface area contributed by atoms with Crippen LogP contribution in [0.25, 0.3) is 0 Å². The van der Waals surface area contributed by atoms with E-state index in [1.807, 2.05) is 58.0 Å². The van der Waals surface area contributed by atoms with E-state index < -0.39 is 64.9 Å². The average molecular weight is 730 g/mol. The van der Waals surface area contributed by atoms with Crippen LogP contribution in [0.2, 0.25) is 0 Å². The van der Waals surface area contributed by atoms with Crippen molar-refractivity contribution in [2.24, 2.45) is 17.3 Å². The van der Waals surface area contributed by atoms with Crippen LogP contribution in [0.3, 0.4) is 0 Å². The number of hydrogen-bond acceptors (Lipinski definition) is 8. The van der Waals surface area contributed by atoms with Crippen molar-refractivity contribution in [2.45, 2.75) is 129 Å². The summed E-state index contributed by atoms with van der Waals surface area (Å²) in [7, 11) is 0. The van der Waals surface area contributed by atoms with Gasteiger partial charge in [0.2, 0.25) is 23.5 Å². The van der Waals surface area contributed by atoms with Gasteiger partial charge in [-0.2, -0.15) is 0 Å². The third kappa shape index (κ3) is 10.5. The lowest BCUT2D eigenvalue weighted by atomic mass is 9.82. The number of ketones is 1. The molecule has 5 atom stereocenters. The Balaban J connectivity index is 1.40. The van der Waals surface area contributed by atoms with Gasteiger partial charge in [-0.25, -0.2) is 4.98 Å². The minimum absolute atomic E-state index is 0.00906. The summed E-state index contributed by atoms with van der Waals surface area (Å²) >= 11 is 0. The molecule has 0 radical (unpaired) electrons. The number of benzene rings is 1. The van der Waals surface area contributed by atoms with Crippen LogP contribution in [0, 0.1) is 17.3 Å². The maximum Gasteiger partial charge on any atom is 0.289 e. The van der Waals surface area contributed by atoms with Crippen molar-refractivity contribution in [2.75, 3.05) is 6.54 Å². The lowest BCUT2D eigenvalue weighted by molar-refractivity contribution is -0.146. The first-order valence-electron chi connectivity index (χ1n) is 19.2. The Morgan fingerprint density at radius 1 is 0.887 bits per heavy atom. The van der Waals surface area contributed by atoms with Crippen LogP contribution in [0.1, 0.15) is 108 Å². The van der Waals surface area contributed by atoms with Gasteiger partial charge in [-0.1, -0.05) is 83.7 Å². The first-order valence-corrected chi connectivity index (χ1v) is 19.2. The average Bonchev–Trinajstić information content (AvgIpc) is 3.87. The molecular formula is C40H55N7O6. The molecule has 1 saturated heterocycles. The standard InChI is InChI=1S/C40H55N7O6/c1-5-12-29(33(48)38(52)43-28-17-18-28)44-37(51)32-27(23-25-13-8-6-9-14-25)19-22-47(32)39(53)34(40(2,3)4)46-36(50)31(26-15-10-7-11-16-26)45-35(49)30-24-41-20-21-42-30/h6,8-9,13-14,20-21,24,26-29,31-32,34H,5,7,10-12,15-19,22-23H2,1-4H3,(H,43,52)(H,44,51)(H,45,49)(H,46,50)/t27-,29+,31+,32+,34-/m1/s1. The number of hydrogen-bond donors (Lipinski definition) is 4. The highest BCUT2D eigenvalue weighted by atomic mass is 16.2. The minimum Gasteiger partial charge on any atom is -0.347 e. The second kappa shape index (κ2) is 17.9. The molecule has 0 spiro atoms. The number of carbonyl (C=O) groups excluding carboxylic acids is 6. The number of Topliss-reactive ketones (excluding diaryl/α,β-unsaturated/α-hetero) is 1. The maximum atomic E-state index is 14.8. The van der Waals surface area contributed by atoms with E-state index >= 15 is 0 Å². The first kappa shape index (κ1) is 39.5. The predicted octanol–water partition coefficient (Wildman–Crippen LogP) is 3.28. The van der Waals surface area contributed by atoms with Crippen molar-refractivity contribution in [3.8, 4) is 0 Å². The van der Waals surface area contributed by atoms with Crippen LogP contribution in [0.15, 0.2) is 48.9 Å². The van der Waals surface area contributed by atoms with Gasteiger partial charge >= 0.3 is 0 Å². The van der Waals surface area contributed by atoms with E-state index in [1.165, 1.54) is 23.5 Å². The molecule has 4 N–H and O–H groups in total. The summed E-state index contributed by atoms with van der Waals surface area (Å²) in [6.45, 7) is 7.70. The van der Waals surface area contributed by atoms with Gasteiger partial charge in [0.05, 0.1) is 12.2 Å². The van der Waals surface area contributed by atoms with Gasteiger partial charge in [-0.05, 0) is 67.8 Å². The Bertz CT molecular complexity index is 1600. The SMILES string of the molecule is CCC[C@H](NC(=O)[C@@H]1[C@@H](Cc2ccccc2)CCN1C(=O)[C@@H](NC(=O)[C@@H](NC(=O)c1cnccn1)C1CCCCC1)C(C)(C)C)C(=O)C(=O)NC1CC1. The van der Waals surface area contributed by atoms with Crippen molar-refractivity contribution < 1.29 is 28.8 Å². The Labute approximate surface area is 312 Å². The summed E-state index contributed by atoms with van der Waals surface area (Å²) in [5.41, 5.74) is 0.313. The number of nitrogens with zero attached hydrogens (tertiary/aromatic N) is 3. The molecule has 1 aromatic heterocycles. The summed E-state index contributed by atoms with van der Waals surface area (Å²) in [4.78, 5) is 92.2. The Morgan fingerprint density at radius 2 is 1.60 bits per heavy atom. The first-order chi connectivity index (χ1) is 25.4. The molecule has 2 heterocycles. The molecule has 0 bridgehead atoms. The summed E-state index contributed by atoms with van der Waals surface area (Å²) in [6.07, 6.45) is 12.1. The summed E-state index contributed by atoms with van der Waals surface area (Å²) < 4.78 is 0. The number of aromatic nitrogens is 2. The quantitative estimate of drug-likeness (QED) is 0.202. The number of nitrogens with one attached hydrogen (secondary N) is 4. The van der Waals surface area contributed by atoms with E-state index in [1.54, 1.807) is 0 Å². The van der Waals surface area contributed by atoms with Crippen LogP contribution in [-0.2, 0) is 30.4 Å². The fourth-order valence-corrected chi connectivity index (χ4v) is 7.59. The van der Waals surface area contributed by atoms with Gasteiger partial charge in [-0.15, -0.1) is 0 Å². The van der Waals surface area contributed by atoms with E-state index in [2.05, 4.69) is 31.2 Å². The highest BCUT2D eigenvalue weighted by Gasteiger charge is 2.47. The molecule has 53 heavy (non-hydrogen) atoms. The smallest absolute Gasteiger partial charge is 0.289 e. The van der Waals surface area contributed by atoms with Crippen LogP contribution in [-0.4, -0.2) is 86.9 Å². The number of amides is 5. The molecular weight excluding hydrogens is 674 g/mol. The second-order valence-corrected chi connectivity index (χ2v) is 15.9. The molecule has 5 amide bonds. The molecule has 2 aliphatic carbocycles. The maximum absolute atomic E-state index is 14.8. The van der Waals surface area contributed by atoms with Gasteiger partial charge in [0, 0.05) is 25.0 Å². The summed E-state index contributed by atoms with van der Waals surface area (Å²) in [5.74, 6) is -3.74. The largest absolute Gasteiger partial charge is 0.347 e. The third-order valence-electron chi connectivity index (χ3n) is 10.6. The monoisotopic (exact) mass is 729 g/mol. The van der Waals surface area contributed by atoms with Crippen molar-refractivity contribution >= 4 is 35.3 Å². The van der Waals surface area contributed by atoms with E-state index in [9.17, 15) is 28.8 Å². The zero-order valence-electron chi connectivity index (χ0n) is 31.4. The normalized spacial score (nSPS) is 20.8. The van der Waals surface area contributed by atoms with E-state index in [4.69, 9.17) is 0 Å². The molecule has 13 heteroatoms. The molecule has 2 saturated carbocycles. The molecule has 0 unspecified atom stereocenters. The third-order valence-corrected chi connectivity index (χ3v) is 10.6. The van der Waals surface area contributed by atoms with Crippen LogP contribution < -0.4 is 21.3 Å². The predicted molar refractivity (Wildman–Crippen MR) is 198 cm³/mol. The lowest BCUT2D eigenvalue weighted by Crippen LogP contribution is -2.62. The van der Waals surface area contributed by atoms with E-state index in [0.29, 0.717) is 19.3 Å². The van der Waals surface area contributed by atoms with Crippen LogP contribution >= 0.6 is 0 Å². The topological polar surface area (TPSA) is 180 Å². The zero-order chi connectivity index (χ0) is 38.1. The zero-order valence-corrected chi connectivity index (χ0v) is 31.4. The molecule has 13 nitrogen and oxygen atoms in total. The van der Waals surface area contributed by atoms with Gasteiger partial charge in [0.25, 0.3) is 11.8 Å². The summed E-state index contributed by atoms with van der Waals surface area (Å²) in [6, 6.07) is 5.77. The Hall–Kier alpha value is -4.68. The van der Waals surface area contributed by atoms with Gasteiger partial charge in [0.1, 0.15) is 23.8 Å². The molecule has 286 valence electrons. The van der Waals surface area contributed by atoms with Gasteiger partial charge < -0.3 is 26.2 Å². The van der Waals surface area contributed by atoms with Crippen molar-refractivity contribution in [1.29, 1.82) is 0 Å². The number of likely N-dealkylation sites (tertiary alicyclic amines) is 1. The van der Waals surface area contributed by atoms with Crippen molar-refractivity contribution in [3.63, 3.8) is 0 Å². The molecule has 5 rings (SSSR count). The second-order valence-electron chi connectivity index (χ2n) is 15.9. The minimum atomic E-state index is -1.04. The van der Waals surface area contributed by atoms with Crippen LogP contribution in [0.4, 0.5) is 0 Å². The summed E-state index contributed by atoms with van der Waals surface area (Å²) in [5, 5.41) is 11.5. The van der Waals surface area contributed by atoms with Gasteiger partial charge in [-0.3, -0.25) is 33.8 Å². The molecule has 3 fully saturated rings. The molecule has 1 aromatic carbocycles. The highest BCUT2D eigenvalue weighted by molar-refractivity contribution is 6.38. The lowest BCUT2D eigenvalue weighted by Gasteiger charge is -2.38. The van der Waals surface area contributed by atoms with E-state index in [-0.39, 0.29) is 36.5 Å². The number of rotatable bonds is 15. The fraction of sp³-hybridized carbons (Fsp3) is 0.600. The van der Waals surface area contributed by atoms with E-state index in [0.717, 1.165) is 50.5 Å². The van der Waals surface area contributed by atoms with Crippen molar-refractivity contribution in [3.05, 3.63) is 60.2 Å². The Kier molecular flexibility index (Phi) is 13.3. The van der Waals surface area contributed by atoms with Crippen molar-refractivity contribution in [1.82, 2.24) is 36.1 Å². The molecule has 2 aromatic rings. The fourth-order valence-electron chi connectivity index (χ4n) is 7.59. The Morgan fingerprint density at radius 3 is 2.23 bits per heavy atom. The van der Waals surface area contributed by atoms with Gasteiger partial charge in [0.15, 0.2) is 0 Å². The van der Waals surface area contributed by atoms with Crippen LogP contribution in [0.5, 0.6) is 0 Å². The highest BCUT2D eigenvalue weighted by Crippen LogP contribution is 2.33. The molecule has 3 aliphatic rings.